The van der Waals surface area contributed by atoms with E-state index in [0.717, 1.165) is 34.4 Å². The van der Waals surface area contributed by atoms with Crippen LogP contribution in [0.15, 0.2) is 12.1 Å². The molecule has 2 unspecified atom stereocenters. The average molecular weight is 299 g/mol. The molecule has 0 amide bonds. The lowest BCUT2D eigenvalue weighted by molar-refractivity contribution is 0.203. The van der Waals surface area contributed by atoms with Gasteiger partial charge in [-0.1, -0.05) is 23.2 Å². The highest BCUT2D eigenvalue weighted by atomic mass is 35.5. The summed E-state index contributed by atoms with van der Waals surface area (Å²) in [6.07, 6.45) is 2.63. The van der Waals surface area contributed by atoms with Crippen LogP contribution in [0.4, 0.5) is 5.69 Å². The highest BCUT2D eigenvalue weighted by Gasteiger charge is 2.35. The number of fused-ring (bicyclic) bond motifs is 1. The van der Waals surface area contributed by atoms with Crippen molar-refractivity contribution in [2.45, 2.75) is 38.8 Å². The molecule has 0 aliphatic carbocycles. The zero-order valence-electron chi connectivity index (χ0n) is 11.5. The maximum Gasteiger partial charge on any atom is 0.0643 e. The van der Waals surface area contributed by atoms with Crippen LogP contribution in [-0.4, -0.2) is 36.6 Å². The summed E-state index contributed by atoms with van der Waals surface area (Å²) in [4.78, 5) is 5.05. The molecule has 1 aromatic carbocycles. The Kier molecular flexibility index (Phi) is 3.67. The predicted molar refractivity (Wildman–Crippen MR) is 82.6 cm³/mol. The highest BCUT2D eigenvalue weighted by molar-refractivity contribution is 6.35. The molecule has 2 heterocycles. The Balaban J connectivity index is 1.91. The van der Waals surface area contributed by atoms with E-state index in [1.165, 1.54) is 19.4 Å². The van der Waals surface area contributed by atoms with Crippen molar-refractivity contribution in [3.8, 4) is 0 Å². The second kappa shape index (κ2) is 5.16. The van der Waals surface area contributed by atoms with Gasteiger partial charge in [0.2, 0.25) is 0 Å². The van der Waals surface area contributed by atoms with Gasteiger partial charge in [0.05, 0.1) is 10.7 Å². The van der Waals surface area contributed by atoms with E-state index in [-0.39, 0.29) is 0 Å². The Morgan fingerprint density at radius 1 is 1.16 bits per heavy atom. The molecule has 0 spiro atoms. The van der Waals surface area contributed by atoms with E-state index in [1.807, 2.05) is 19.1 Å². The normalized spacial score (nSPS) is 27.7. The molecule has 2 saturated heterocycles. The van der Waals surface area contributed by atoms with Crippen LogP contribution in [0.2, 0.25) is 10.0 Å². The molecule has 2 fully saturated rings. The Labute approximate surface area is 125 Å². The highest BCUT2D eigenvalue weighted by Crippen LogP contribution is 2.36. The molecule has 0 bridgehead atoms. The first-order chi connectivity index (χ1) is 9.06. The van der Waals surface area contributed by atoms with Crippen LogP contribution in [0.1, 0.15) is 25.3 Å². The minimum atomic E-state index is 0.491. The van der Waals surface area contributed by atoms with E-state index in [2.05, 4.69) is 16.7 Å². The number of hydrogen-bond donors (Lipinski definition) is 0. The number of anilines is 1. The third kappa shape index (κ3) is 2.46. The minimum Gasteiger partial charge on any atom is -0.365 e. The molecule has 2 atom stereocenters. The van der Waals surface area contributed by atoms with Crippen LogP contribution in [-0.2, 0) is 0 Å². The summed E-state index contributed by atoms with van der Waals surface area (Å²) < 4.78 is 0. The van der Waals surface area contributed by atoms with Crippen molar-refractivity contribution in [2.24, 2.45) is 0 Å². The van der Waals surface area contributed by atoms with Crippen LogP contribution < -0.4 is 4.90 Å². The number of aryl methyl sites for hydroxylation is 1. The van der Waals surface area contributed by atoms with E-state index >= 15 is 0 Å². The van der Waals surface area contributed by atoms with Gasteiger partial charge in [0.15, 0.2) is 0 Å². The van der Waals surface area contributed by atoms with Crippen molar-refractivity contribution in [1.82, 2.24) is 4.90 Å². The number of halogens is 2. The fourth-order valence-corrected chi connectivity index (χ4v) is 3.86. The van der Waals surface area contributed by atoms with Gasteiger partial charge in [-0.15, -0.1) is 0 Å². The van der Waals surface area contributed by atoms with E-state index < -0.39 is 0 Å². The standard InChI is InChI=1S/C15H20Cl2N2/c1-10-6-14(17)15(7-13(10)16)19-9-12-4-3-5-18(12)8-11(19)2/h6-7,11-12H,3-5,8-9H2,1-2H3. The van der Waals surface area contributed by atoms with Gasteiger partial charge in [0, 0.05) is 30.2 Å². The molecule has 0 N–H and O–H groups in total. The van der Waals surface area contributed by atoms with Crippen molar-refractivity contribution in [1.29, 1.82) is 0 Å². The number of piperazine rings is 1. The fraction of sp³-hybridized carbons (Fsp3) is 0.600. The van der Waals surface area contributed by atoms with Gasteiger partial charge in [-0.25, -0.2) is 0 Å². The van der Waals surface area contributed by atoms with E-state index in [1.54, 1.807) is 0 Å². The number of hydrogen-bond acceptors (Lipinski definition) is 2. The Morgan fingerprint density at radius 2 is 1.95 bits per heavy atom. The predicted octanol–water partition coefficient (Wildman–Crippen LogP) is 3.97. The van der Waals surface area contributed by atoms with Crippen molar-refractivity contribution in [2.75, 3.05) is 24.5 Å². The maximum absolute atomic E-state index is 6.43. The van der Waals surface area contributed by atoms with Crippen LogP contribution >= 0.6 is 23.2 Å². The van der Waals surface area contributed by atoms with Crippen molar-refractivity contribution in [3.05, 3.63) is 27.7 Å². The fourth-order valence-electron chi connectivity index (χ4n) is 3.38. The van der Waals surface area contributed by atoms with Gasteiger partial charge in [-0.05, 0) is 50.9 Å². The van der Waals surface area contributed by atoms with E-state index in [9.17, 15) is 0 Å². The zero-order chi connectivity index (χ0) is 13.6. The molecule has 2 aliphatic rings. The molecule has 0 saturated carbocycles. The van der Waals surface area contributed by atoms with Gasteiger partial charge in [0.1, 0.15) is 0 Å². The topological polar surface area (TPSA) is 6.48 Å². The number of nitrogens with zero attached hydrogens (tertiary/aromatic N) is 2. The Bertz CT molecular complexity index is 489. The van der Waals surface area contributed by atoms with Crippen LogP contribution in [0.25, 0.3) is 0 Å². The summed E-state index contributed by atoms with van der Waals surface area (Å²) in [7, 11) is 0. The molecule has 0 radical (unpaired) electrons. The van der Waals surface area contributed by atoms with Gasteiger partial charge in [-0.3, -0.25) is 4.90 Å². The number of benzene rings is 1. The molecular weight excluding hydrogens is 279 g/mol. The zero-order valence-corrected chi connectivity index (χ0v) is 13.0. The van der Waals surface area contributed by atoms with E-state index in [4.69, 9.17) is 23.2 Å². The minimum absolute atomic E-state index is 0.491. The lowest BCUT2D eigenvalue weighted by Crippen LogP contribution is -2.55. The van der Waals surface area contributed by atoms with Crippen molar-refractivity contribution < 1.29 is 0 Å². The lowest BCUT2D eigenvalue weighted by Gasteiger charge is -2.44. The third-order valence-electron chi connectivity index (χ3n) is 4.47. The van der Waals surface area contributed by atoms with Gasteiger partial charge < -0.3 is 4.90 Å². The van der Waals surface area contributed by atoms with Crippen molar-refractivity contribution >= 4 is 28.9 Å². The molecule has 19 heavy (non-hydrogen) atoms. The molecule has 4 heteroatoms. The van der Waals surface area contributed by atoms with Crippen molar-refractivity contribution in [3.63, 3.8) is 0 Å². The van der Waals surface area contributed by atoms with Crippen LogP contribution in [0.5, 0.6) is 0 Å². The average Bonchev–Trinajstić information content (AvgIpc) is 2.80. The first-order valence-electron chi connectivity index (χ1n) is 7.02. The first-order valence-corrected chi connectivity index (χ1v) is 7.78. The van der Waals surface area contributed by atoms with Gasteiger partial charge in [0.25, 0.3) is 0 Å². The third-order valence-corrected chi connectivity index (χ3v) is 5.18. The van der Waals surface area contributed by atoms with Crippen LogP contribution in [0, 0.1) is 6.92 Å². The quantitative estimate of drug-likeness (QED) is 0.774. The van der Waals surface area contributed by atoms with Crippen LogP contribution in [0.3, 0.4) is 0 Å². The summed E-state index contributed by atoms with van der Waals surface area (Å²) in [5.74, 6) is 0. The second-order valence-electron chi connectivity index (χ2n) is 5.85. The van der Waals surface area contributed by atoms with Gasteiger partial charge >= 0.3 is 0 Å². The summed E-state index contributed by atoms with van der Waals surface area (Å²) in [5.41, 5.74) is 2.14. The molecule has 1 aromatic rings. The van der Waals surface area contributed by atoms with E-state index in [0.29, 0.717) is 12.1 Å². The largest absolute Gasteiger partial charge is 0.365 e. The maximum atomic E-state index is 6.43. The molecular formula is C15H20Cl2N2. The SMILES string of the molecule is Cc1cc(Cl)c(N2CC3CCCN3CC2C)cc1Cl. The summed E-state index contributed by atoms with van der Waals surface area (Å²) >= 11 is 12.7. The lowest BCUT2D eigenvalue weighted by atomic mass is 10.1. The monoisotopic (exact) mass is 298 g/mol. The summed E-state index contributed by atoms with van der Waals surface area (Å²) in [5, 5.41) is 1.63. The Hall–Kier alpha value is -0.440. The summed E-state index contributed by atoms with van der Waals surface area (Å²) in [6, 6.07) is 5.19. The second-order valence-corrected chi connectivity index (χ2v) is 6.66. The molecule has 0 aromatic heterocycles. The Morgan fingerprint density at radius 3 is 2.74 bits per heavy atom. The van der Waals surface area contributed by atoms with Gasteiger partial charge in [-0.2, -0.15) is 0 Å². The first kappa shape index (κ1) is 13.5. The smallest absolute Gasteiger partial charge is 0.0643 e. The summed E-state index contributed by atoms with van der Waals surface area (Å²) in [6.45, 7) is 7.73. The molecule has 2 nitrogen and oxygen atoms in total. The number of rotatable bonds is 1. The molecule has 2 aliphatic heterocycles. The molecule has 104 valence electrons. The molecule has 3 rings (SSSR count).